The number of nitrogens with two attached hydrogens (primary N) is 1. The molecule has 0 aromatic rings. The van der Waals surface area contributed by atoms with Crippen LogP contribution in [0.1, 0.15) is 20.8 Å². The smallest absolute Gasteiger partial charge is 0.346 e. The number of carbonyl (C=O) groups excluding carboxylic acids is 2. The number of amides is 2. The highest BCUT2D eigenvalue weighted by Gasteiger charge is 2.29. The van der Waals surface area contributed by atoms with Crippen LogP contribution in [0.2, 0.25) is 0 Å². The van der Waals surface area contributed by atoms with Crippen molar-refractivity contribution >= 4 is 24.2 Å². The molecule has 2 amide bonds. The maximum atomic E-state index is 11.8. The Kier molecular flexibility index (Phi) is 8.06. The minimum Gasteiger partial charge on any atom is -0.346 e. The first-order valence-electron chi connectivity index (χ1n) is 5.30. The zero-order chi connectivity index (χ0) is 14.6. The van der Waals surface area contributed by atoms with Crippen molar-refractivity contribution in [2.45, 2.75) is 33.0 Å². The average Bonchev–Trinajstić information content (AvgIpc) is 2.19. The SMILES string of the molecule is CC(C)(C)[C@H](N)C(=O)NCC(=O)NCC(F)(F)F.Cl. The summed E-state index contributed by atoms with van der Waals surface area (Å²) in [5.41, 5.74) is 5.11. The highest BCUT2D eigenvalue weighted by Crippen LogP contribution is 2.17. The molecule has 19 heavy (non-hydrogen) atoms. The van der Waals surface area contributed by atoms with E-state index in [1.54, 1.807) is 26.1 Å². The molecule has 0 rings (SSSR count). The van der Waals surface area contributed by atoms with Gasteiger partial charge in [0, 0.05) is 0 Å². The van der Waals surface area contributed by atoms with Gasteiger partial charge in [-0.15, -0.1) is 12.4 Å². The minimum atomic E-state index is -4.47. The Bertz CT molecular complexity index is 316. The Balaban J connectivity index is 0. The Hall–Kier alpha value is -1.02. The lowest BCUT2D eigenvalue weighted by Gasteiger charge is -2.25. The molecule has 0 radical (unpaired) electrons. The standard InChI is InChI=1S/C10H18F3N3O2.ClH/c1-9(2,3)7(14)8(18)15-4-6(17)16-5-10(11,12)13;/h7H,4-5,14H2,1-3H3,(H,15,18)(H,16,17);1H/t7-;/m1./s1. The molecular weight excluding hydrogens is 287 g/mol. The first-order chi connectivity index (χ1) is 7.93. The Morgan fingerprint density at radius 2 is 1.63 bits per heavy atom. The molecule has 0 aliphatic rings. The van der Waals surface area contributed by atoms with Crippen molar-refractivity contribution in [1.29, 1.82) is 0 Å². The first-order valence-corrected chi connectivity index (χ1v) is 5.30. The van der Waals surface area contributed by atoms with Gasteiger partial charge in [-0.25, -0.2) is 0 Å². The van der Waals surface area contributed by atoms with Crippen molar-refractivity contribution in [3.8, 4) is 0 Å². The number of carbonyl (C=O) groups is 2. The highest BCUT2D eigenvalue weighted by molar-refractivity contribution is 5.87. The summed E-state index contributed by atoms with van der Waals surface area (Å²) in [5, 5.41) is 3.82. The number of hydrogen-bond donors (Lipinski definition) is 3. The predicted molar refractivity (Wildman–Crippen MR) is 66.8 cm³/mol. The van der Waals surface area contributed by atoms with E-state index >= 15 is 0 Å². The van der Waals surface area contributed by atoms with E-state index in [1.165, 1.54) is 0 Å². The van der Waals surface area contributed by atoms with Crippen LogP contribution in [-0.2, 0) is 9.59 Å². The lowest BCUT2D eigenvalue weighted by atomic mass is 9.87. The van der Waals surface area contributed by atoms with E-state index in [0.29, 0.717) is 0 Å². The van der Waals surface area contributed by atoms with Gasteiger partial charge in [-0.05, 0) is 5.41 Å². The summed E-state index contributed by atoms with van der Waals surface area (Å²) < 4.78 is 35.3. The zero-order valence-electron chi connectivity index (χ0n) is 10.9. The summed E-state index contributed by atoms with van der Waals surface area (Å²) in [4.78, 5) is 22.5. The zero-order valence-corrected chi connectivity index (χ0v) is 11.7. The average molecular weight is 306 g/mol. The van der Waals surface area contributed by atoms with Crippen molar-refractivity contribution in [3.05, 3.63) is 0 Å². The second kappa shape index (κ2) is 7.54. The van der Waals surface area contributed by atoms with Gasteiger partial charge in [-0.3, -0.25) is 9.59 Å². The molecule has 0 aliphatic heterocycles. The lowest BCUT2D eigenvalue weighted by Crippen LogP contribution is -2.51. The van der Waals surface area contributed by atoms with Gasteiger partial charge in [0.2, 0.25) is 11.8 Å². The monoisotopic (exact) mass is 305 g/mol. The molecule has 0 aliphatic carbocycles. The molecule has 0 bridgehead atoms. The lowest BCUT2D eigenvalue weighted by molar-refractivity contribution is -0.138. The molecule has 114 valence electrons. The van der Waals surface area contributed by atoms with Gasteiger partial charge < -0.3 is 16.4 Å². The molecule has 5 nitrogen and oxygen atoms in total. The van der Waals surface area contributed by atoms with E-state index in [-0.39, 0.29) is 12.4 Å². The Morgan fingerprint density at radius 3 is 2.00 bits per heavy atom. The van der Waals surface area contributed by atoms with Crippen LogP contribution in [0.4, 0.5) is 13.2 Å². The van der Waals surface area contributed by atoms with Crippen LogP contribution in [-0.4, -0.2) is 37.1 Å². The molecule has 9 heteroatoms. The molecular formula is C10H19ClF3N3O2. The van der Waals surface area contributed by atoms with Gasteiger partial charge in [-0.2, -0.15) is 13.2 Å². The number of alkyl halides is 3. The van der Waals surface area contributed by atoms with E-state index in [1.807, 2.05) is 0 Å². The summed E-state index contributed by atoms with van der Waals surface area (Å²) in [6.07, 6.45) is -4.47. The molecule has 0 spiro atoms. The van der Waals surface area contributed by atoms with E-state index in [2.05, 4.69) is 5.32 Å². The largest absolute Gasteiger partial charge is 0.405 e. The molecule has 0 aromatic heterocycles. The van der Waals surface area contributed by atoms with E-state index in [0.717, 1.165) is 0 Å². The first kappa shape index (κ1) is 20.3. The fourth-order valence-electron chi connectivity index (χ4n) is 0.932. The van der Waals surface area contributed by atoms with Crippen molar-refractivity contribution < 1.29 is 22.8 Å². The van der Waals surface area contributed by atoms with Crippen molar-refractivity contribution in [1.82, 2.24) is 10.6 Å². The summed E-state index contributed by atoms with van der Waals surface area (Å²) in [6.45, 7) is 3.26. The second-order valence-corrected chi connectivity index (χ2v) is 4.95. The third-order valence-corrected chi connectivity index (χ3v) is 2.12. The molecule has 0 aromatic carbocycles. The van der Waals surface area contributed by atoms with Crippen molar-refractivity contribution in [2.24, 2.45) is 11.1 Å². The highest BCUT2D eigenvalue weighted by atomic mass is 35.5. The normalized spacial score (nSPS) is 13.2. The summed E-state index contributed by atoms with van der Waals surface area (Å²) in [7, 11) is 0. The number of nitrogens with one attached hydrogen (secondary N) is 2. The van der Waals surface area contributed by atoms with Crippen LogP contribution in [0.5, 0.6) is 0 Å². The maximum Gasteiger partial charge on any atom is 0.405 e. The van der Waals surface area contributed by atoms with Crippen molar-refractivity contribution in [2.75, 3.05) is 13.1 Å². The molecule has 4 N–H and O–H groups in total. The van der Waals surface area contributed by atoms with Gasteiger partial charge in [0.25, 0.3) is 0 Å². The quantitative estimate of drug-likeness (QED) is 0.710. The summed E-state index contributed by atoms with van der Waals surface area (Å²) >= 11 is 0. The minimum absolute atomic E-state index is 0. The third-order valence-electron chi connectivity index (χ3n) is 2.12. The fourth-order valence-corrected chi connectivity index (χ4v) is 0.932. The molecule has 0 fully saturated rings. The van der Waals surface area contributed by atoms with Crippen LogP contribution < -0.4 is 16.4 Å². The Labute approximate surface area is 115 Å². The van der Waals surface area contributed by atoms with E-state index in [9.17, 15) is 22.8 Å². The van der Waals surface area contributed by atoms with Crippen LogP contribution in [0.3, 0.4) is 0 Å². The van der Waals surface area contributed by atoms with Gasteiger partial charge >= 0.3 is 6.18 Å². The predicted octanol–water partition coefficient (Wildman–Crippen LogP) is 0.576. The third kappa shape index (κ3) is 9.54. The molecule has 1 atom stereocenters. The van der Waals surface area contributed by atoms with Crippen molar-refractivity contribution in [3.63, 3.8) is 0 Å². The van der Waals surface area contributed by atoms with Gasteiger partial charge in [0.1, 0.15) is 6.54 Å². The van der Waals surface area contributed by atoms with E-state index in [4.69, 9.17) is 5.73 Å². The van der Waals surface area contributed by atoms with E-state index < -0.39 is 42.5 Å². The number of rotatable bonds is 4. The molecule has 0 unspecified atom stereocenters. The number of halogens is 4. The van der Waals surface area contributed by atoms with Gasteiger partial charge in [0.05, 0.1) is 12.6 Å². The fraction of sp³-hybridized carbons (Fsp3) is 0.800. The van der Waals surface area contributed by atoms with Crippen LogP contribution in [0, 0.1) is 5.41 Å². The Morgan fingerprint density at radius 1 is 1.16 bits per heavy atom. The summed E-state index contributed by atoms with van der Waals surface area (Å²) in [5.74, 6) is -1.49. The molecule has 0 saturated heterocycles. The van der Waals surface area contributed by atoms with Crippen LogP contribution in [0.25, 0.3) is 0 Å². The topological polar surface area (TPSA) is 84.2 Å². The molecule has 0 saturated carbocycles. The van der Waals surface area contributed by atoms with Gasteiger partial charge in [-0.1, -0.05) is 20.8 Å². The maximum absolute atomic E-state index is 11.8. The van der Waals surface area contributed by atoms with Crippen LogP contribution >= 0.6 is 12.4 Å². The molecule has 0 heterocycles. The summed E-state index contributed by atoms with van der Waals surface area (Å²) in [6, 6.07) is -0.840. The number of hydrogen-bond acceptors (Lipinski definition) is 3. The second-order valence-electron chi connectivity index (χ2n) is 4.95. The van der Waals surface area contributed by atoms with Crippen LogP contribution in [0.15, 0.2) is 0 Å². The van der Waals surface area contributed by atoms with Gasteiger partial charge in [0.15, 0.2) is 0 Å².